The van der Waals surface area contributed by atoms with E-state index in [1.54, 1.807) is 7.11 Å². The predicted molar refractivity (Wildman–Crippen MR) is 147 cm³/mol. The lowest BCUT2D eigenvalue weighted by molar-refractivity contribution is 0.159. The van der Waals surface area contributed by atoms with Crippen molar-refractivity contribution in [2.24, 2.45) is 0 Å². The zero-order valence-corrected chi connectivity index (χ0v) is 20.7. The quantitative estimate of drug-likeness (QED) is 0.326. The first kappa shape index (κ1) is 24.4. The van der Waals surface area contributed by atoms with Gasteiger partial charge in [-0.05, 0) is 5.56 Å². The molecule has 0 bridgehead atoms. The Balaban J connectivity index is 1.46. The van der Waals surface area contributed by atoms with E-state index in [9.17, 15) is 4.79 Å². The average molecular weight is 492 g/mol. The average Bonchev–Trinajstić information content (AvgIpc) is 3.35. The SMILES string of the molecule is [C-]#[N+]c1nc(-c2ccccc2)c(NC(=O)N[C@@H]2CN(CCOC)C[C@H]2c2ccccc2)c2ccccc12. The second kappa shape index (κ2) is 11.2. The molecule has 1 saturated heterocycles. The molecule has 7 nitrogen and oxygen atoms in total. The minimum absolute atomic E-state index is 0.0684. The number of carbonyl (C=O) groups excluding carboxylic acids is 1. The topological polar surface area (TPSA) is 70.9 Å². The lowest BCUT2D eigenvalue weighted by Crippen LogP contribution is -2.42. The highest BCUT2D eigenvalue weighted by atomic mass is 16.5. The summed E-state index contributed by atoms with van der Waals surface area (Å²) in [6, 6.07) is 27.2. The number of rotatable bonds is 7. The number of urea groups is 1. The number of anilines is 1. The second-order valence-corrected chi connectivity index (χ2v) is 9.16. The fraction of sp³-hybridized carbons (Fsp3) is 0.233. The fourth-order valence-corrected chi connectivity index (χ4v) is 5.05. The van der Waals surface area contributed by atoms with Gasteiger partial charge in [0.05, 0.1) is 18.3 Å². The zero-order valence-electron chi connectivity index (χ0n) is 20.7. The molecule has 0 radical (unpaired) electrons. The normalized spacial score (nSPS) is 17.4. The van der Waals surface area contributed by atoms with Crippen LogP contribution < -0.4 is 10.6 Å². The highest BCUT2D eigenvalue weighted by Gasteiger charge is 2.35. The van der Waals surface area contributed by atoms with Crippen LogP contribution in [0, 0.1) is 6.57 Å². The molecule has 4 aromatic rings. The van der Waals surface area contributed by atoms with Crippen LogP contribution in [0.1, 0.15) is 11.5 Å². The molecule has 37 heavy (non-hydrogen) atoms. The van der Waals surface area contributed by atoms with Crippen LogP contribution in [0.3, 0.4) is 0 Å². The van der Waals surface area contributed by atoms with Crippen molar-refractivity contribution in [1.82, 2.24) is 15.2 Å². The van der Waals surface area contributed by atoms with Gasteiger partial charge in [-0.1, -0.05) is 91.5 Å². The molecule has 1 aliphatic rings. The Morgan fingerprint density at radius 1 is 1.00 bits per heavy atom. The summed E-state index contributed by atoms with van der Waals surface area (Å²) in [4.78, 5) is 24.1. The van der Waals surface area contributed by atoms with Gasteiger partial charge in [0.25, 0.3) is 5.82 Å². The maximum Gasteiger partial charge on any atom is 0.319 e. The maximum absolute atomic E-state index is 13.5. The fourth-order valence-electron chi connectivity index (χ4n) is 5.05. The number of carbonyl (C=O) groups is 1. The molecule has 0 aliphatic carbocycles. The zero-order chi connectivity index (χ0) is 25.6. The number of benzene rings is 3. The van der Waals surface area contributed by atoms with Crippen molar-refractivity contribution in [1.29, 1.82) is 0 Å². The van der Waals surface area contributed by atoms with Crippen molar-refractivity contribution < 1.29 is 9.53 Å². The number of pyridine rings is 1. The van der Waals surface area contributed by atoms with Gasteiger partial charge in [0.1, 0.15) is 0 Å². The molecule has 0 spiro atoms. The van der Waals surface area contributed by atoms with Crippen LogP contribution in [0.4, 0.5) is 16.3 Å². The summed E-state index contributed by atoms with van der Waals surface area (Å²) in [5.74, 6) is 0.478. The summed E-state index contributed by atoms with van der Waals surface area (Å²) in [7, 11) is 1.70. The van der Waals surface area contributed by atoms with E-state index in [-0.39, 0.29) is 18.0 Å². The lowest BCUT2D eigenvalue weighted by Gasteiger charge is -2.21. The highest BCUT2D eigenvalue weighted by molar-refractivity contribution is 6.10. The Hall–Kier alpha value is -4.25. The maximum atomic E-state index is 13.5. The Morgan fingerprint density at radius 2 is 1.68 bits per heavy atom. The van der Waals surface area contributed by atoms with Crippen LogP contribution >= 0.6 is 0 Å². The third-order valence-corrected chi connectivity index (χ3v) is 6.83. The first-order chi connectivity index (χ1) is 18.2. The molecule has 0 unspecified atom stereocenters. The minimum atomic E-state index is -0.292. The van der Waals surface area contributed by atoms with Crippen molar-refractivity contribution in [2.75, 3.05) is 38.7 Å². The third kappa shape index (κ3) is 5.31. The van der Waals surface area contributed by atoms with Gasteiger partial charge in [-0.2, -0.15) is 0 Å². The van der Waals surface area contributed by atoms with Crippen LogP contribution in [0.2, 0.25) is 0 Å². The number of hydrogen-bond donors (Lipinski definition) is 2. The van der Waals surface area contributed by atoms with Crippen LogP contribution in [-0.2, 0) is 4.74 Å². The molecule has 7 heteroatoms. The second-order valence-electron chi connectivity index (χ2n) is 9.16. The molecule has 1 aliphatic heterocycles. The standard InChI is InChI=1S/C30H29N5O2/c1-31-29-24-16-10-9-15-23(24)28(27(33-29)22-13-7-4-8-14-22)34-30(36)32-26-20-35(17-18-37-2)19-25(26)21-11-5-3-6-12-21/h3-16,25-26H,17-20H2,2H3,(H2,32,34,36)/t25-,26+/m0/s1. The molecule has 186 valence electrons. The van der Waals surface area contributed by atoms with Gasteiger partial charge in [-0.15, -0.1) is 4.98 Å². The summed E-state index contributed by atoms with van der Waals surface area (Å²) in [6.45, 7) is 10.7. The van der Waals surface area contributed by atoms with E-state index in [2.05, 4.69) is 37.5 Å². The molecule has 1 fully saturated rings. The Labute approximate surface area is 216 Å². The van der Waals surface area contributed by atoms with Crippen molar-refractivity contribution in [3.63, 3.8) is 0 Å². The number of methoxy groups -OCH3 is 1. The number of aromatic nitrogens is 1. The van der Waals surface area contributed by atoms with Crippen LogP contribution in [0.15, 0.2) is 84.9 Å². The van der Waals surface area contributed by atoms with E-state index in [1.165, 1.54) is 5.56 Å². The predicted octanol–water partition coefficient (Wildman–Crippen LogP) is 5.69. The Bertz CT molecular complexity index is 1420. The van der Waals surface area contributed by atoms with Crippen molar-refractivity contribution in [3.8, 4) is 11.3 Å². The van der Waals surface area contributed by atoms with Crippen LogP contribution in [0.5, 0.6) is 0 Å². The number of ether oxygens (including phenoxy) is 1. The Kier molecular flexibility index (Phi) is 7.41. The Morgan fingerprint density at radius 3 is 2.38 bits per heavy atom. The largest absolute Gasteiger partial charge is 0.383 e. The summed E-state index contributed by atoms with van der Waals surface area (Å²) in [6.07, 6.45) is 0. The number of fused-ring (bicyclic) bond motifs is 1. The van der Waals surface area contributed by atoms with E-state index in [0.29, 0.717) is 29.2 Å². The molecule has 1 aromatic heterocycles. The summed E-state index contributed by atoms with van der Waals surface area (Å²) < 4.78 is 5.29. The van der Waals surface area contributed by atoms with Gasteiger partial charge < -0.3 is 20.2 Å². The van der Waals surface area contributed by atoms with Crippen molar-refractivity contribution >= 4 is 28.3 Å². The minimum Gasteiger partial charge on any atom is -0.383 e. The molecule has 2 atom stereocenters. The molecule has 3 aromatic carbocycles. The first-order valence-electron chi connectivity index (χ1n) is 12.4. The molecule has 2 N–H and O–H groups in total. The van der Waals surface area contributed by atoms with Crippen molar-refractivity contribution in [3.05, 3.63) is 102 Å². The molecular formula is C30H29N5O2. The van der Waals surface area contributed by atoms with Gasteiger partial charge in [-0.3, -0.25) is 4.90 Å². The molecule has 0 saturated carbocycles. The van der Waals surface area contributed by atoms with Gasteiger partial charge in [0.15, 0.2) is 5.69 Å². The first-order valence-corrected chi connectivity index (χ1v) is 12.4. The highest BCUT2D eigenvalue weighted by Crippen LogP contribution is 2.38. The number of hydrogen-bond acceptors (Lipinski definition) is 4. The van der Waals surface area contributed by atoms with E-state index < -0.39 is 0 Å². The lowest BCUT2D eigenvalue weighted by atomic mass is 9.94. The van der Waals surface area contributed by atoms with E-state index in [4.69, 9.17) is 11.3 Å². The number of nitrogens with one attached hydrogen (secondary N) is 2. The molecular weight excluding hydrogens is 462 g/mol. The molecule has 2 amide bonds. The smallest absolute Gasteiger partial charge is 0.319 e. The van der Waals surface area contributed by atoms with Gasteiger partial charge in [0, 0.05) is 49.0 Å². The third-order valence-electron chi connectivity index (χ3n) is 6.83. The van der Waals surface area contributed by atoms with Gasteiger partial charge in [-0.25, -0.2) is 4.79 Å². The molecule has 5 rings (SSSR count). The van der Waals surface area contributed by atoms with E-state index >= 15 is 0 Å². The number of likely N-dealkylation sites (tertiary alicyclic amines) is 1. The van der Waals surface area contributed by atoms with Crippen LogP contribution in [-0.4, -0.2) is 55.3 Å². The molecule has 2 heterocycles. The van der Waals surface area contributed by atoms with Gasteiger partial charge >= 0.3 is 6.03 Å². The van der Waals surface area contributed by atoms with E-state index in [0.717, 1.165) is 30.6 Å². The number of nitrogens with zero attached hydrogens (tertiary/aromatic N) is 3. The van der Waals surface area contributed by atoms with Gasteiger partial charge in [0.2, 0.25) is 0 Å². The van der Waals surface area contributed by atoms with Crippen molar-refractivity contribution in [2.45, 2.75) is 12.0 Å². The summed E-state index contributed by atoms with van der Waals surface area (Å²) in [5, 5.41) is 7.83. The summed E-state index contributed by atoms with van der Waals surface area (Å²) >= 11 is 0. The number of amides is 2. The monoisotopic (exact) mass is 491 g/mol. The van der Waals surface area contributed by atoms with E-state index in [1.807, 2.05) is 72.8 Å². The summed E-state index contributed by atoms with van der Waals surface area (Å²) in [5.41, 5.74) is 3.21. The van der Waals surface area contributed by atoms with Crippen LogP contribution in [0.25, 0.3) is 26.9 Å².